The van der Waals surface area contributed by atoms with Crippen molar-refractivity contribution in [3.8, 4) is 23.3 Å². The number of hydrogen-bond acceptors (Lipinski definition) is 6. The molecular formula is C33H32N6O2. The van der Waals surface area contributed by atoms with Gasteiger partial charge >= 0.3 is 0 Å². The lowest BCUT2D eigenvalue weighted by atomic mass is 9.68. The van der Waals surface area contributed by atoms with Crippen molar-refractivity contribution in [2.75, 3.05) is 12.0 Å². The summed E-state index contributed by atoms with van der Waals surface area (Å²) in [6.07, 6.45) is 4.90. The summed E-state index contributed by atoms with van der Waals surface area (Å²) in [5, 5.41) is 15.6. The summed E-state index contributed by atoms with van der Waals surface area (Å²) in [4.78, 5) is 16.0. The maximum absolute atomic E-state index is 14.1. The van der Waals surface area contributed by atoms with Gasteiger partial charge in [-0.15, -0.1) is 0 Å². The summed E-state index contributed by atoms with van der Waals surface area (Å²) in [7, 11) is 1.62. The molecule has 4 aromatic rings. The van der Waals surface area contributed by atoms with Gasteiger partial charge in [0.05, 0.1) is 36.1 Å². The predicted molar refractivity (Wildman–Crippen MR) is 158 cm³/mol. The molecule has 3 heterocycles. The van der Waals surface area contributed by atoms with Crippen molar-refractivity contribution >= 4 is 11.5 Å². The molecule has 8 nitrogen and oxygen atoms in total. The standard InChI is InChI=1S/C33H32N6O2/c1-21-28(32(37-16-8-9-17-37)39(36-21)23-10-6-5-7-11-23)29-25(20-34)31(35)38(22-12-14-24(41-4)15-13-22)26-18-33(2,3)19-27(40)30(26)29/h5-17,29H,18-19,35H2,1-4H3. The number of methoxy groups -OCH3 is 1. The molecule has 0 amide bonds. The number of rotatable bonds is 5. The van der Waals surface area contributed by atoms with E-state index in [2.05, 4.69) is 19.9 Å². The van der Waals surface area contributed by atoms with Crippen molar-refractivity contribution in [2.45, 2.75) is 39.5 Å². The number of ketones is 1. The van der Waals surface area contributed by atoms with E-state index in [1.165, 1.54) is 0 Å². The van der Waals surface area contributed by atoms with Gasteiger partial charge in [-0.2, -0.15) is 10.4 Å². The van der Waals surface area contributed by atoms with Crippen LogP contribution in [-0.4, -0.2) is 27.2 Å². The number of nitrogens with two attached hydrogens (primary N) is 1. The molecule has 1 atom stereocenters. The molecule has 8 heteroatoms. The summed E-state index contributed by atoms with van der Waals surface area (Å²) >= 11 is 0. The molecule has 2 aliphatic rings. The number of nitrogens with zero attached hydrogens (tertiary/aromatic N) is 5. The van der Waals surface area contributed by atoms with Crippen LogP contribution in [0.5, 0.6) is 5.75 Å². The topological polar surface area (TPSA) is 102 Å². The number of benzene rings is 2. The molecule has 41 heavy (non-hydrogen) atoms. The fraction of sp³-hybridized carbons (Fsp3) is 0.242. The average molecular weight is 545 g/mol. The zero-order chi connectivity index (χ0) is 28.9. The van der Waals surface area contributed by atoms with Gasteiger partial charge in [-0.1, -0.05) is 32.0 Å². The highest BCUT2D eigenvalue weighted by Crippen LogP contribution is 2.51. The van der Waals surface area contributed by atoms with Crippen LogP contribution in [0.1, 0.15) is 43.9 Å². The largest absolute Gasteiger partial charge is 0.497 e. The van der Waals surface area contributed by atoms with E-state index in [1.807, 2.05) is 100 Å². The van der Waals surface area contributed by atoms with Crippen LogP contribution in [0.4, 0.5) is 5.69 Å². The van der Waals surface area contributed by atoms with E-state index in [0.717, 1.165) is 34.1 Å². The lowest BCUT2D eigenvalue weighted by molar-refractivity contribution is -0.118. The molecule has 1 unspecified atom stereocenters. The van der Waals surface area contributed by atoms with Gasteiger partial charge in [0, 0.05) is 41.3 Å². The first-order valence-corrected chi connectivity index (χ1v) is 13.6. The number of Topliss-reactive ketones (excluding diaryl/α,β-unsaturated/α-hetero) is 1. The predicted octanol–water partition coefficient (Wildman–Crippen LogP) is 5.92. The number of para-hydroxylation sites is 1. The molecule has 0 fully saturated rings. The molecule has 2 aromatic heterocycles. The van der Waals surface area contributed by atoms with Gasteiger partial charge in [-0.25, -0.2) is 4.68 Å². The van der Waals surface area contributed by atoms with Gasteiger partial charge in [0.2, 0.25) is 0 Å². The van der Waals surface area contributed by atoms with Crippen LogP contribution in [0, 0.1) is 23.7 Å². The maximum atomic E-state index is 14.1. The minimum Gasteiger partial charge on any atom is -0.497 e. The molecule has 1 aliphatic heterocycles. The number of aryl methyl sites for hydroxylation is 1. The Labute approximate surface area is 239 Å². The Bertz CT molecular complexity index is 1740. The first-order chi connectivity index (χ1) is 19.7. The van der Waals surface area contributed by atoms with Crippen molar-refractivity contribution in [3.63, 3.8) is 0 Å². The first-order valence-electron chi connectivity index (χ1n) is 13.6. The first kappa shape index (κ1) is 26.2. The third-order valence-electron chi connectivity index (χ3n) is 7.93. The Morgan fingerprint density at radius 1 is 1.00 bits per heavy atom. The van der Waals surface area contributed by atoms with Gasteiger partial charge in [0.1, 0.15) is 17.4 Å². The van der Waals surface area contributed by atoms with Crippen molar-refractivity contribution in [1.82, 2.24) is 14.3 Å². The zero-order valence-corrected chi connectivity index (χ0v) is 23.6. The van der Waals surface area contributed by atoms with E-state index >= 15 is 0 Å². The molecule has 0 radical (unpaired) electrons. The van der Waals surface area contributed by atoms with Crippen LogP contribution < -0.4 is 15.4 Å². The van der Waals surface area contributed by atoms with Crippen molar-refractivity contribution in [2.24, 2.45) is 11.1 Å². The molecule has 206 valence electrons. The number of carbonyl (C=O) groups excluding carboxylic acids is 1. The third-order valence-corrected chi connectivity index (χ3v) is 7.93. The fourth-order valence-corrected chi connectivity index (χ4v) is 6.16. The summed E-state index contributed by atoms with van der Waals surface area (Å²) < 4.78 is 9.23. The van der Waals surface area contributed by atoms with Gasteiger partial charge in [-0.05, 0) is 67.3 Å². The van der Waals surface area contributed by atoms with Crippen molar-refractivity contribution in [1.29, 1.82) is 5.26 Å². The van der Waals surface area contributed by atoms with Crippen LogP contribution in [0.15, 0.2) is 102 Å². The van der Waals surface area contributed by atoms with Crippen LogP contribution in [0.3, 0.4) is 0 Å². The second-order valence-corrected chi connectivity index (χ2v) is 11.3. The molecule has 0 spiro atoms. The molecule has 2 aromatic carbocycles. The summed E-state index contributed by atoms with van der Waals surface area (Å²) in [5.74, 6) is 1.15. The highest BCUT2D eigenvalue weighted by molar-refractivity contribution is 6.02. The van der Waals surface area contributed by atoms with Gasteiger partial charge in [-0.3, -0.25) is 9.69 Å². The van der Waals surface area contributed by atoms with E-state index in [0.29, 0.717) is 35.6 Å². The Morgan fingerprint density at radius 3 is 2.32 bits per heavy atom. The van der Waals surface area contributed by atoms with Crippen LogP contribution >= 0.6 is 0 Å². The van der Waals surface area contributed by atoms with Crippen LogP contribution in [0.2, 0.25) is 0 Å². The van der Waals surface area contributed by atoms with E-state index in [-0.39, 0.29) is 11.2 Å². The van der Waals surface area contributed by atoms with E-state index < -0.39 is 5.92 Å². The normalized spacial score (nSPS) is 18.4. The lowest BCUT2D eigenvalue weighted by Gasteiger charge is -2.43. The molecule has 6 rings (SSSR count). The third kappa shape index (κ3) is 4.30. The number of anilines is 1. The Kier molecular flexibility index (Phi) is 6.30. The zero-order valence-electron chi connectivity index (χ0n) is 23.6. The Morgan fingerprint density at radius 2 is 1.68 bits per heavy atom. The smallest absolute Gasteiger partial charge is 0.162 e. The highest BCUT2D eigenvalue weighted by Gasteiger charge is 2.46. The van der Waals surface area contributed by atoms with E-state index in [4.69, 9.17) is 15.6 Å². The minimum atomic E-state index is -0.664. The summed E-state index contributed by atoms with van der Waals surface area (Å²) in [5.41, 5.74) is 11.6. The molecule has 0 saturated heterocycles. The molecule has 0 saturated carbocycles. The molecule has 2 N–H and O–H groups in total. The summed E-state index contributed by atoms with van der Waals surface area (Å²) in [6, 6.07) is 23.7. The summed E-state index contributed by atoms with van der Waals surface area (Å²) in [6.45, 7) is 6.12. The molecular weight excluding hydrogens is 512 g/mol. The van der Waals surface area contributed by atoms with Gasteiger partial charge < -0.3 is 15.0 Å². The maximum Gasteiger partial charge on any atom is 0.162 e. The van der Waals surface area contributed by atoms with Crippen molar-refractivity contribution < 1.29 is 9.53 Å². The Hall–Kier alpha value is -5.03. The number of carbonyl (C=O) groups is 1. The van der Waals surface area contributed by atoms with Gasteiger partial charge in [0.25, 0.3) is 0 Å². The molecule has 1 aliphatic carbocycles. The quantitative estimate of drug-likeness (QED) is 0.335. The monoisotopic (exact) mass is 544 g/mol. The average Bonchev–Trinajstić information content (AvgIpc) is 3.60. The lowest BCUT2D eigenvalue weighted by Crippen LogP contribution is -2.42. The van der Waals surface area contributed by atoms with Crippen LogP contribution in [-0.2, 0) is 4.79 Å². The number of hydrogen-bond donors (Lipinski definition) is 1. The molecule has 0 bridgehead atoms. The second-order valence-electron chi connectivity index (χ2n) is 11.3. The number of nitriles is 1. The minimum absolute atomic E-state index is 0.0188. The number of aromatic nitrogens is 3. The SMILES string of the molecule is COc1ccc(N2C(N)=C(C#N)C(c3c(C)nn(-c4ccccc4)c3-n3cccc3)C3=C2CC(C)(C)CC3=O)cc1. The number of allylic oxidation sites excluding steroid dienone is 3. The number of ether oxygens (including phenoxy) is 1. The van der Waals surface area contributed by atoms with Gasteiger partial charge in [0.15, 0.2) is 5.78 Å². The highest BCUT2D eigenvalue weighted by atomic mass is 16.5. The van der Waals surface area contributed by atoms with E-state index in [1.54, 1.807) is 7.11 Å². The van der Waals surface area contributed by atoms with Crippen molar-refractivity contribution in [3.05, 3.63) is 113 Å². The Balaban J connectivity index is 1.65. The fourth-order valence-electron chi connectivity index (χ4n) is 6.16. The second kappa shape index (κ2) is 9.86. The van der Waals surface area contributed by atoms with Crippen LogP contribution in [0.25, 0.3) is 11.5 Å². The van der Waals surface area contributed by atoms with E-state index in [9.17, 15) is 10.1 Å².